The molecule has 0 bridgehead atoms. The van der Waals surface area contributed by atoms with E-state index in [1.807, 2.05) is 13.8 Å². The maximum absolute atomic E-state index is 13.2. The molecule has 2 aromatic rings. The van der Waals surface area contributed by atoms with Gasteiger partial charge in [0.1, 0.15) is 17.6 Å². The number of rotatable bonds is 9. The van der Waals surface area contributed by atoms with Crippen molar-refractivity contribution in [1.29, 1.82) is 0 Å². The molecule has 1 atom stereocenters. The Morgan fingerprint density at radius 2 is 1.89 bits per heavy atom. The minimum Gasteiger partial charge on any atom is -0.484 e. The van der Waals surface area contributed by atoms with Crippen molar-refractivity contribution in [1.82, 2.24) is 10.2 Å². The van der Waals surface area contributed by atoms with Crippen molar-refractivity contribution in [2.75, 3.05) is 13.2 Å². The third-order valence-corrected chi connectivity index (χ3v) is 4.40. The van der Waals surface area contributed by atoms with Crippen molar-refractivity contribution in [2.45, 2.75) is 32.9 Å². The summed E-state index contributed by atoms with van der Waals surface area (Å²) in [7, 11) is 0. The largest absolute Gasteiger partial charge is 0.484 e. The number of hydrogen-bond acceptors (Lipinski definition) is 3. The number of benzene rings is 2. The first kappa shape index (κ1) is 21.7. The Morgan fingerprint density at radius 1 is 1.18 bits per heavy atom. The van der Waals surface area contributed by atoms with E-state index in [1.54, 1.807) is 36.4 Å². The third-order valence-electron chi connectivity index (χ3n) is 4.16. The molecule has 0 saturated heterocycles. The number of hydrogen-bond donors (Lipinski definition) is 1. The van der Waals surface area contributed by atoms with Crippen LogP contribution in [0.5, 0.6) is 5.75 Å². The maximum atomic E-state index is 13.2. The minimum atomic E-state index is -0.652. The van der Waals surface area contributed by atoms with Crippen molar-refractivity contribution in [3.63, 3.8) is 0 Å². The summed E-state index contributed by atoms with van der Waals surface area (Å²) in [5, 5.41) is 3.26. The molecule has 0 unspecified atom stereocenters. The lowest BCUT2D eigenvalue weighted by Gasteiger charge is -2.30. The topological polar surface area (TPSA) is 58.6 Å². The number of likely N-dealkylation sites (N-methyl/N-ethyl adjacent to an activating group) is 1. The fraction of sp³-hybridized carbons (Fsp3) is 0.333. The Kier molecular flexibility index (Phi) is 8.26. The molecule has 0 fully saturated rings. The van der Waals surface area contributed by atoms with Crippen LogP contribution in [0.4, 0.5) is 4.39 Å². The Hall–Kier alpha value is -2.60. The van der Waals surface area contributed by atoms with Gasteiger partial charge in [0, 0.05) is 18.1 Å². The normalized spacial score (nSPS) is 11.6. The van der Waals surface area contributed by atoms with E-state index in [1.165, 1.54) is 17.0 Å². The first-order valence-electron chi connectivity index (χ1n) is 9.14. The molecular formula is C21H24ClFN2O3. The Bertz CT molecular complexity index is 798. The van der Waals surface area contributed by atoms with Crippen molar-refractivity contribution in [3.05, 3.63) is 64.9 Å². The number of amides is 2. The summed E-state index contributed by atoms with van der Waals surface area (Å²) in [5.41, 5.74) is 0.722. The number of carbonyl (C=O) groups is 2. The van der Waals surface area contributed by atoms with Crippen LogP contribution in [-0.2, 0) is 16.1 Å². The lowest BCUT2D eigenvalue weighted by Crippen LogP contribution is -2.50. The van der Waals surface area contributed by atoms with Gasteiger partial charge < -0.3 is 15.0 Å². The van der Waals surface area contributed by atoms with Crippen molar-refractivity contribution in [3.8, 4) is 5.75 Å². The van der Waals surface area contributed by atoms with Gasteiger partial charge in [-0.05, 0) is 49.2 Å². The summed E-state index contributed by atoms with van der Waals surface area (Å²) in [6, 6.07) is 11.9. The van der Waals surface area contributed by atoms with E-state index in [-0.39, 0.29) is 30.8 Å². The van der Waals surface area contributed by atoms with Gasteiger partial charge in [-0.25, -0.2) is 4.39 Å². The molecule has 150 valence electrons. The molecule has 0 radical (unpaired) electrons. The fourth-order valence-corrected chi connectivity index (χ4v) is 2.96. The highest BCUT2D eigenvalue weighted by Crippen LogP contribution is 2.18. The molecule has 0 aliphatic heterocycles. The van der Waals surface area contributed by atoms with Crippen LogP contribution in [0, 0.1) is 5.82 Å². The van der Waals surface area contributed by atoms with Crippen molar-refractivity contribution < 1.29 is 18.7 Å². The summed E-state index contributed by atoms with van der Waals surface area (Å²) in [4.78, 5) is 26.8. The van der Waals surface area contributed by atoms with Crippen LogP contribution in [0.15, 0.2) is 48.5 Å². The van der Waals surface area contributed by atoms with E-state index >= 15 is 0 Å². The summed E-state index contributed by atoms with van der Waals surface area (Å²) < 4.78 is 18.8. The molecular weight excluding hydrogens is 383 g/mol. The number of halogens is 2. The molecule has 0 aliphatic carbocycles. The molecule has 0 heterocycles. The minimum absolute atomic E-state index is 0.174. The van der Waals surface area contributed by atoms with E-state index in [9.17, 15) is 14.0 Å². The van der Waals surface area contributed by atoms with E-state index in [4.69, 9.17) is 16.3 Å². The highest BCUT2D eigenvalue weighted by atomic mass is 35.5. The monoisotopic (exact) mass is 406 g/mol. The van der Waals surface area contributed by atoms with E-state index in [0.29, 0.717) is 23.7 Å². The SMILES string of the molecule is CCNC(=O)[C@@H](CC)N(Cc1ccc(F)cc1)C(=O)COc1cccc(Cl)c1. The van der Waals surface area contributed by atoms with Gasteiger partial charge in [0.2, 0.25) is 5.91 Å². The third kappa shape index (κ3) is 6.23. The molecule has 0 aromatic heterocycles. The Balaban J connectivity index is 2.18. The van der Waals surface area contributed by atoms with Gasteiger partial charge in [-0.1, -0.05) is 36.7 Å². The number of ether oxygens (including phenoxy) is 1. The standard InChI is InChI=1S/C21H24ClFN2O3/c1-3-19(21(27)24-4-2)25(13-15-8-10-17(23)11-9-15)20(26)14-28-18-7-5-6-16(22)12-18/h5-12,19H,3-4,13-14H2,1-2H3,(H,24,27)/t19-/m1/s1. The zero-order valence-electron chi connectivity index (χ0n) is 16.0. The highest BCUT2D eigenvalue weighted by Gasteiger charge is 2.28. The first-order chi connectivity index (χ1) is 13.4. The molecule has 2 aromatic carbocycles. The Labute approximate surface area is 169 Å². The smallest absolute Gasteiger partial charge is 0.261 e. The molecule has 7 heteroatoms. The molecule has 1 N–H and O–H groups in total. The van der Waals surface area contributed by atoms with E-state index < -0.39 is 6.04 Å². The number of carbonyl (C=O) groups excluding carboxylic acids is 2. The molecule has 5 nitrogen and oxygen atoms in total. The van der Waals surface area contributed by atoms with E-state index in [2.05, 4.69) is 5.32 Å². The molecule has 2 rings (SSSR count). The fourth-order valence-electron chi connectivity index (χ4n) is 2.78. The lowest BCUT2D eigenvalue weighted by atomic mass is 10.1. The summed E-state index contributed by atoms with van der Waals surface area (Å²) >= 11 is 5.93. The zero-order chi connectivity index (χ0) is 20.5. The van der Waals surface area contributed by atoms with Gasteiger partial charge in [-0.3, -0.25) is 9.59 Å². The average Bonchev–Trinajstić information content (AvgIpc) is 2.68. The Morgan fingerprint density at radius 3 is 2.50 bits per heavy atom. The predicted molar refractivity (Wildman–Crippen MR) is 107 cm³/mol. The molecule has 28 heavy (non-hydrogen) atoms. The van der Waals surface area contributed by atoms with Gasteiger partial charge in [0.15, 0.2) is 6.61 Å². The second-order valence-corrected chi connectivity index (χ2v) is 6.65. The summed E-state index contributed by atoms with van der Waals surface area (Å²) in [6.07, 6.45) is 0.440. The maximum Gasteiger partial charge on any atom is 0.261 e. The van der Waals surface area contributed by atoms with Crippen molar-refractivity contribution >= 4 is 23.4 Å². The summed E-state index contributed by atoms with van der Waals surface area (Å²) in [5.74, 6) is -0.471. The molecule has 2 amide bonds. The molecule has 0 aliphatic rings. The van der Waals surface area contributed by atoms with Crippen LogP contribution < -0.4 is 10.1 Å². The van der Waals surface area contributed by atoms with Gasteiger partial charge in [0.05, 0.1) is 0 Å². The van der Waals surface area contributed by atoms with Crippen LogP contribution in [0.1, 0.15) is 25.8 Å². The second kappa shape index (κ2) is 10.7. The summed E-state index contributed by atoms with van der Waals surface area (Å²) in [6.45, 7) is 4.06. The number of nitrogens with one attached hydrogen (secondary N) is 1. The highest BCUT2D eigenvalue weighted by molar-refractivity contribution is 6.30. The quantitative estimate of drug-likeness (QED) is 0.689. The first-order valence-corrected chi connectivity index (χ1v) is 9.52. The van der Waals surface area contributed by atoms with Crippen LogP contribution in [0.3, 0.4) is 0 Å². The zero-order valence-corrected chi connectivity index (χ0v) is 16.7. The van der Waals surface area contributed by atoms with Crippen LogP contribution in [0.25, 0.3) is 0 Å². The predicted octanol–water partition coefficient (Wildman–Crippen LogP) is 3.80. The molecule has 0 saturated carbocycles. The average molecular weight is 407 g/mol. The lowest BCUT2D eigenvalue weighted by molar-refractivity contribution is -0.142. The number of nitrogens with zero attached hydrogens (tertiary/aromatic N) is 1. The van der Waals surface area contributed by atoms with E-state index in [0.717, 1.165) is 5.56 Å². The van der Waals surface area contributed by atoms with Crippen LogP contribution in [-0.4, -0.2) is 35.9 Å². The van der Waals surface area contributed by atoms with Gasteiger partial charge in [-0.15, -0.1) is 0 Å². The van der Waals surface area contributed by atoms with Crippen LogP contribution >= 0.6 is 11.6 Å². The van der Waals surface area contributed by atoms with Crippen LogP contribution in [0.2, 0.25) is 5.02 Å². The van der Waals surface area contributed by atoms with Gasteiger partial charge in [0.25, 0.3) is 5.91 Å². The van der Waals surface area contributed by atoms with Crippen molar-refractivity contribution in [2.24, 2.45) is 0 Å². The molecule has 0 spiro atoms. The second-order valence-electron chi connectivity index (χ2n) is 6.21. The van der Waals surface area contributed by atoms with Gasteiger partial charge >= 0.3 is 0 Å². The van der Waals surface area contributed by atoms with Gasteiger partial charge in [-0.2, -0.15) is 0 Å².